The van der Waals surface area contributed by atoms with Gasteiger partial charge in [-0.05, 0) is 73.2 Å². The normalized spacial score (nSPS) is 18.0. The van der Waals surface area contributed by atoms with Crippen molar-refractivity contribution in [3.8, 4) is 0 Å². The van der Waals surface area contributed by atoms with E-state index in [1.54, 1.807) is 12.1 Å². The monoisotopic (exact) mass is 488 g/mol. The van der Waals surface area contributed by atoms with Gasteiger partial charge in [0.15, 0.2) is 0 Å². The van der Waals surface area contributed by atoms with Gasteiger partial charge in [-0.2, -0.15) is 13.2 Å². The van der Waals surface area contributed by atoms with Crippen LogP contribution in [0, 0.1) is 11.7 Å². The Labute approximate surface area is 201 Å². The van der Waals surface area contributed by atoms with E-state index in [1.807, 2.05) is 30.3 Å². The van der Waals surface area contributed by atoms with E-state index in [9.17, 15) is 17.6 Å². The van der Waals surface area contributed by atoms with E-state index in [0.29, 0.717) is 29.2 Å². The first kappa shape index (κ1) is 24.4. The van der Waals surface area contributed by atoms with Gasteiger partial charge in [0.05, 0.1) is 21.8 Å². The van der Waals surface area contributed by atoms with E-state index >= 15 is 0 Å². The Morgan fingerprint density at radius 2 is 1.74 bits per heavy atom. The van der Waals surface area contributed by atoms with Crippen LogP contribution in [0.5, 0.6) is 0 Å². The second-order valence-electron chi connectivity index (χ2n) is 8.69. The predicted octanol–water partition coefficient (Wildman–Crippen LogP) is 7.33. The minimum atomic E-state index is -4.68. The average Bonchev–Trinajstić information content (AvgIpc) is 2.83. The Morgan fingerprint density at radius 3 is 2.38 bits per heavy atom. The molecule has 0 saturated heterocycles. The van der Waals surface area contributed by atoms with Gasteiger partial charge in [0, 0.05) is 12.6 Å². The van der Waals surface area contributed by atoms with Crippen LogP contribution < -0.4 is 5.32 Å². The third kappa shape index (κ3) is 5.68. The van der Waals surface area contributed by atoms with Crippen molar-refractivity contribution in [2.45, 2.75) is 37.4 Å². The maximum absolute atomic E-state index is 14.6. The lowest BCUT2D eigenvalue weighted by atomic mass is 9.79. The van der Waals surface area contributed by atoms with Crippen LogP contribution in [0.2, 0.25) is 5.02 Å². The molecule has 2 unspecified atom stereocenters. The van der Waals surface area contributed by atoms with Crippen LogP contribution >= 0.6 is 11.6 Å². The molecule has 1 N–H and O–H groups in total. The van der Waals surface area contributed by atoms with E-state index in [4.69, 9.17) is 11.6 Å². The number of alkyl halides is 3. The summed E-state index contributed by atoms with van der Waals surface area (Å²) >= 11 is 6.08. The van der Waals surface area contributed by atoms with Crippen molar-refractivity contribution in [1.82, 2.24) is 10.3 Å². The molecule has 2 atom stereocenters. The van der Waals surface area contributed by atoms with Gasteiger partial charge in [-0.25, -0.2) is 4.39 Å². The molecule has 2 aromatic carbocycles. The first-order valence-corrected chi connectivity index (χ1v) is 11.6. The quantitative estimate of drug-likeness (QED) is 0.278. The maximum atomic E-state index is 14.6. The van der Waals surface area contributed by atoms with Crippen molar-refractivity contribution in [2.75, 3.05) is 6.54 Å². The fourth-order valence-corrected chi connectivity index (χ4v) is 4.60. The summed E-state index contributed by atoms with van der Waals surface area (Å²) in [5.74, 6) is -0.637. The fraction of sp³-hybridized carbons (Fsp3) is 0.296. The number of allylic oxidation sites excluding steroid dienone is 2. The Bertz CT molecular complexity index is 1130. The van der Waals surface area contributed by atoms with Crippen LogP contribution in [0.4, 0.5) is 17.6 Å². The van der Waals surface area contributed by atoms with Crippen LogP contribution in [-0.4, -0.2) is 11.5 Å². The molecule has 0 fully saturated rings. The van der Waals surface area contributed by atoms with Gasteiger partial charge in [0.1, 0.15) is 5.82 Å². The number of hydrogen-bond acceptors (Lipinski definition) is 2. The molecule has 0 radical (unpaired) electrons. The number of pyridine rings is 1. The largest absolute Gasteiger partial charge is 0.416 e. The second-order valence-corrected chi connectivity index (χ2v) is 9.12. The molecule has 1 aliphatic carbocycles. The number of hydrogen-bond donors (Lipinski definition) is 1. The zero-order valence-electron chi connectivity index (χ0n) is 18.5. The van der Waals surface area contributed by atoms with E-state index in [1.165, 1.54) is 12.3 Å². The highest BCUT2D eigenvalue weighted by Gasteiger charge is 2.39. The van der Waals surface area contributed by atoms with Crippen molar-refractivity contribution < 1.29 is 17.6 Å². The van der Waals surface area contributed by atoms with Crippen molar-refractivity contribution in [1.29, 1.82) is 0 Å². The number of nitrogens with one attached hydrogen (secondary N) is 1. The second kappa shape index (κ2) is 10.3. The molecule has 1 heterocycles. The first-order valence-electron chi connectivity index (χ1n) is 11.2. The molecule has 0 spiro atoms. The summed E-state index contributed by atoms with van der Waals surface area (Å²) in [6, 6.07) is 15.5. The van der Waals surface area contributed by atoms with Crippen molar-refractivity contribution in [3.05, 3.63) is 112 Å². The van der Waals surface area contributed by atoms with Crippen molar-refractivity contribution in [2.24, 2.45) is 5.92 Å². The molecular weight excluding hydrogens is 464 g/mol. The Kier molecular flexibility index (Phi) is 7.39. The zero-order valence-corrected chi connectivity index (χ0v) is 19.2. The van der Waals surface area contributed by atoms with Gasteiger partial charge >= 0.3 is 6.18 Å². The van der Waals surface area contributed by atoms with E-state index < -0.39 is 23.1 Å². The van der Waals surface area contributed by atoms with Gasteiger partial charge in [0.2, 0.25) is 0 Å². The molecule has 34 heavy (non-hydrogen) atoms. The van der Waals surface area contributed by atoms with Gasteiger partial charge in [-0.15, -0.1) is 0 Å². The topological polar surface area (TPSA) is 24.9 Å². The average molecular weight is 489 g/mol. The lowest BCUT2D eigenvalue weighted by Gasteiger charge is -2.37. The number of aromatic nitrogens is 1. The highest BCUT2D eigenvalue weighted by Crippen LogP contribution is 2.38. The van der Waals surface area contributed by atoms with Crippen molar-refractivity contribution in [3.63, 3.8) is 0 Å². The summed E-state index contributed by atoms with van der Waals surface area (Å²) in [6.07, 6.45) is 4.12. The Morgan fingerprint density at radius 1 is 0.971 bits per heavy atom. The Hall–Kier alpha value is -2.70. The standard InChI is InChI=1S/C27H25ClF4N2/c28-23-11-12-25(33-18-23)26(16-19-7-3-1-4-8-19,34-17-20-9-5-2-6-10-20)21-13-22(27(30,31)32)15-24(29)14-21/h1-5,7-8,11-15,18,20,34H,6,9-10,16-17H2. The number of benzene rings is 2. The van der Waals surface area contributed by atoms with E-state index in [2.05, 4.69) is 22.5 Å². The fourth-order valence-electron chi connectivity index (χ4n) is 4.49. The third-order valence-electron chi connectivity index (χ3n) is 6.26. The molecule has 0 saturated carbocycles. The van der Waals surface area contributed by atoms with Crippen LogP contribution in [0.3, 0.4) is 0 Å². The molecule has 0 bridgehead atoms. The van der Waals surface area contributed by atoms with Crippen LogP contribution in [0.15, 0.2) is 79.0 Å². The minimum Gasteiger partial charge on any atom is -0.302 e. The van der Waals surface area contributed by atoms with Gasteiger partial charge in [-0.1, -0.05) is 54.1 Å². The molecule has 3 aromatic rings. The smallest absolute Gasteiger partial charge is 0.302 e. The molecular formula is C27H25ClF4N2. The van der Waals surface area contributed by atoms with Crippen LogP contribution in [0.25, 0.3) is 0 Å². The van der Waals surface area contributed by atoms with Crippen LogP contribution in [0.1, 0.15) is 41.6 Å². The summed E-state index contributed by atoms with van der Waals surface area (Å²) in [5.41, 5.74) is -0.699. The summed E-state index contributed by atoms with van der Waals surface area (Å²) in [5, 5.41) is 3.94. The first-order chi connectivity index (χ1) is 16.3. The summed E-state index contributed by atoms with van der Waals surface area (Å²) < 4.78 is 55.6. The van der Waals surface area contributed by atoms with Gasteiger partial charge in [0.25, 0.3) is 0 Å². The Balaban J connectivity index is 1.88. The highest BCUT2D eigenvalue weighted by atomic mass is 35.5. The summed E-state index contributed by atoms with van der Waals surface area (Å²) in [6.45, 7) is 0.541. The maximum Gasteiger partial charge on any atom is 0.416 e. The van der Waals surface area contributed by atoms with E-state index in [0.717, 1.165) is 30.9 Å². The lowest BCUT2D eigenvalue weighted by Crippen LogP contribution is -2.48. The number of rotatable bonds is 7. The molecule has 178 valence electrons. The predicted molar refractivity (Wildman–Crippen MR) is 126 cm³/mol. The SMILES string of the molecule is Fc1cc(C(F)(F)F)cc(C(Cc2ccccc2)(NCC2CC=CCC2)c2ccc(Cl)cn2)c1. The van der Waals surface area contributed by atoms with Crippen molar-refractivity contribution >= 4 is 11.6 Å². The highest BCUT2D eigenvalue weighted by molar-refractivity contribution is 6.30. The molecule has 7 heteroatoms. The van der Waals surface area contributed by atoms with Gasteiger partial charge in [-0.3, -0.25) is 4.98 Å². The van der Waals surface area contributed by atoms with E-state index in [-0.39, 0.29) is 12.0 Å². The number of nitrogens with zero attached hydrogens (tertiary/aromatic N) is 1. The molecule has 1 aliphatic rings. The van der Waals surface area contributed by atoms with Crippen LogP contribution in [-0.2, 0) is 18.1 Å². The molecule has 2 nitrogen and oxygen atoms in total. The number of halogens is 5. The summed E-state index contributed by atoms with van der Waals surface area (Å²) in [4.78, 5) is 4.50. The molecule has 0 amide bonds. The molecule has 4 rings (SSSR count). The minimum absolute atomic E-state index is 0.171. The molecule has 1 aromatic heterocycles. The zero-order chi connectivity index (χ0) is 24.2. The van der Waals surface area contributed by atoms with Gasteiger partial charge < -0.3 is 5.32 Å². The lowest BCUT2D eigenvalue weighted by molar-refractivity contribution is -0.137. The molecule has 0 aliphatic heterocycles. The third-order valence-corrected chi connectivity index (χ3v) is 6.49. The summed E-state index contributed by atoms with van der Waals surface area (Å²) in [7, 11) is 0.